The van der Waals surface area contributed by atoms with Crippen LogP contribution in [-0.4, -0.2) is 31.1 Å². The number of benzene rings is 2. The fourth-order valence-electron chi connectivity index (χ4n) is 3.26. The molecule has 1 atom stereocenters. The minimum atomic E-state index is -1.31. The van der Waals surface area contributed by atoms with Gasteiger partial charge >= 0.3 is 0 Å². The Bertz CT molecular complexity index is 1350. The van der Waals surface area contributed by atoms with Gasteiger partial charge in [0, 0.05) is 17.5 Å². The Morgan fingerprint density at radius 1 is 1.17 bits per heavy atom. The van der Waals surface area contributed by atoms with Crippen LogP contribution in [0.1, 0.15) is 22.8 Å². The maximum Gasteiger partial charge on any atom is 0.254 e. The van der Waals surface area contributed by atoms with Crippen LogP contribution in [0.2, 0.25) is 0 Å². The highest BCUT2D eigenvalue weighted by molar-refractivity contribution is 7.86. The number of nitrogens with one attached hydrogen (secondary N) is 3. The molecule has 9 nitrogen and oxygen atoms in total. The zero-order valence-electron chi connectivity index (χ0n) is 18.7. The molecule has 2 heterocycles. The lowest BCUT2D eigenvalue weighted by atomic mass is 10.1. The number of amides is 1. The molecule has 35 heavy (non-hydrogen) atoms. The normalized spacial score (nSPS) is 11.6. The van der Waals surface area contributed by atoms with Gasteiger partial charge in [0.2, 0.25) is 0 Å². The molecule has 11 heteroatoms. The maximum absolute atomic E-state index is 13.2. The predicted octanol–water partition coefficient (Wildman–Crippen LogP) is 4.13. The zero-order valence-corrected chi connectivity index (χ0v) is 19.6. The van der Waals surface area contributed by atoms with Crippen molar-refractivity contribution in [3.8, 4) is 17.0 Å². The summed E-state index contributed by atoms with van der Waals surface area (Å²) in [6.07, 6.45) is 1.61. The van der Waals surface area contributed by atoms with E-state index in [4.69, 9.17) is 10.5 Å². The van der Waals surface area contributed by atoms with Crippen molar-refractivity contribution < 1.29 is 18.1 Å². The number of hydrogen-bond donors (Lipinski definition) is 4. The predicted molar refractivity (Wildman–Crippen MR) is 133 cm³/mol. The molecular formula is C24H23FN6O3S. The summed E-state index contributed by atoms with van der Waals surface area (Å²) in [5.41, 5.74) is 8.03. The third kappa shape index (κ3) is 5.82. The number of carbonyl (C=O) groups excluding carboxylic acids is 1. The van der Waals surface area contributed by atoms with Crippen LogP contribution >= 0.6 is 0 Å². The first kappa shape index (κ1) is 23.9. The fourth-order valence-corrected chi connectivity index (χ4v) is 3.82. The minimum Gasteiger partial charge on any atom is -0.487 e. The first-order valence-electron chi connectivity index (χ1n) is 10.7. The van der Waals surface area contributed by atoms with E-state index in [-0.39, 0.29) is 23.8 Å². The third-order valence-electron chi connectivity index (χ3n) is 4.99. The van der Waals surface area contributed by atoms with E-state index in [1.54, 1.807) is 61.7 Å². The van der Waals surface area contributed by atoms with Crippen molar-refractivity contribution in [2.75, 3.05) is 15.8 Å². The lowest BCUT2D eigenvalue weighted by Crippen LogP contribution is -2.13. The standard InChI is InChI=1S/C24H23FN6O3S/c1-2-35(33)31-18-11-8-16(13-19(18)34-14-15-6-9-17(25)10-7-15)22-21(23(26)32)24(30-29-22)28-20-5-3-4-12-27-20/h3-13,31H,2,14H2,1H3,(H2,26,32)(H2,27,28,29,30). The van der Waals surface area contributed by atoms with E-state index in [1.165, 1.54) is 12.1 Å². The topological polar surface area (TPSA) is 135 Å². The largest absolute Gasteiger partial charge is 0.487 e. The average Bonchev–Trinajstić information content (AvgIpc) is 3.28. The number of primary amides is 1. The Hall–Kier alpha value is -4.25. The quantitative estimate of drug-likeness (QED) is 0.262. The number of anilines is 3. The van der Waals surface area contributed by atoms with Crippen LogP contribution in [0.4, 0.5) is 21.7 Å². The summed E-state index contributed by atoms with van der Waals surface area (Å²) < 4.78 is 34.3. The number of pyridine rings is 1. The molecule has 4 aromatic rings. The van der Waals surface area contributed by atoms with Crippen molar-refractivity contribution in [3.05, 3.63) is 83.8 Å². The molecule has 4 rings (SSSR count). The van der Waals surface area contributed by atoms with E-state index >= 15 is 0 Å². The number of H-pyrrole nitrogens is 1. The van der Waals surface area contributed by atoms with Crippen LogP contribution in [0, 0.1) is 5.82 Å². The SMILES string of the molecule is CCS(=O)Nc1ccc(-c2[nH]nc(Nc3ccccn3)c2C(N)=O)cc1OCc1ccc(F)cc1. The molecule has 0 saturated heterocycles. The lowest BCUT2D eigenvalue weighted by molar-refractivity contribution is 0.100. The highest BCUT2D eigenvalue weighted by atomic mass is 32.2. The molecule has 2 aromatic heterocycles. The second-order valence-electron chi connectivity index (χ2n) is 7.39. The summed E-state index contributed by atoms with van der Waals surface area (Å²) in [6.45, 7) is 1.94. The van der Waals surface area contributed by atoms with Crippen molar-refractivity contribution >= 4 is 34.2 Å². The van der Waals surface area contributed by atoms with Crippen LogP contribution in [-0.2, 0) is 17.6 Å². The number of aromatic nitrogens is 3. The summed E-state index contributed by atoms with van der Waals surface area (Å²) in [4.78, 5) is 16.5. The molecular weight excluding hydrogens is 471 g/mol. The van der Waals surface area contributed by atoms with Crippen molar-refractivity contribution in [2.24, 2.45) is 5.73 Å². The number of aromatic amines is 1. The van der Waals surface area contributed by atoms with Crippen LogP contribution in [0.5, 0.6) is 5.75 Å². The Morgan fingerprint density at radius 2 is 1.97 bits per heavy atom. The fraction of sp³-hybridized carbons (Fsp3) is 0.125. The summed E-state index contributed by atoms with van der Waals surface area (Å²) in [6, 6.07) is 16.3. The van der Waals surface area contributed by atoms with Crippen molar-refractivity contribution in [3.63, 3.8) is 0 Å². The van der Waals surface area contributed by atoms with Gasteiger partial charge in [0.1, 0.15) is 40.5 Å². The molecule has 0 fully saturated rings. The molecule has 2 aromatic carbocycles. The van der Waals surface area contributed by atoms with E-state index in [0.29, 0.717) is 34.3 Å². The first-order chi connectivity index (χ1) is 16.9. The molecule has 1 unspecified atom stereocenters. The Labute approximate surface area is 203 Å². The van der Waals surface area contributed by atoms with Gasteiger partial charge in [-0.3, -0.25) is 9.89 Å². The molecule has 0 aliphatic carbocycles. The minimum absolute atomic E-state index is 0.148. The highest BCUT2D eigenvalue weighted by Gasteiger charge is 2.21. The second-order valence-corrected chi connectivity index (χ2v) is 8.86. The van der Waals surface area contributed by atoms with E-state index in [1.807, 2.05) is 0 Å². The number of hydrogen-bond acceptors (Lipinski definition) is 6. The first-order valence-corrected chi connectivity index (χ1v) is 12.0. The summed E-state index contributed by atoms with van der Waals surface area (Å²) >= 11 is 0. The number of nitrogens with two attached hydrogens (primary N) is 1. The smallest absolute Gasteiger partial charge is 0.254 e. The Morgan fingerprint density at radius 3 is 2.66 bits per heavy atom. The number of ether oxygens (including phenoxy) is 1. The van der Waals surface area contributed by atoms with E-state index in [0.717, 1.165) is 5.56 Å². The van der Waals surface area contributed by atoms with Gasteiger partial charge in [0.25, 0.3) is 5.91 Å². The van der Waals surface area contributed by atoms with Gasteiger partial charge in [-0.15, -0.1) is 0 Å². The molecule has 5 N–H and O–H groups in total. The molecule has 0 saturated carbocycles. The van der Waals surface area contributed by atoms with Gasteiger partial charge in [0.15, 0.2) is 5.82 Å². The number of rotatable bonds is 10. The van der Waals surface area contributed by atoms with Gasteiger partial charge in [-0.2, -0.15) is 5.10 Å². The summed E-state index contributed by atoms with van der Waals surface area (Å²) in [5, 5.41) is 10.0. The molecule has 1 amide bonds. The third-order valence-corrected chi connectivity index (χ3v) is 5.96. The van der Waals surface area contributed by atoms with Gasteiger partial charge in [-0.05, 0) is 42.0 Å². The van der Waals surface area contributed by atoms with Crippen molar-refractivity contribution in [2.45, 2.75) is 13.5 Å². The van der Waals surface area contributed by atoms with Crippen LogP contribution in [0.25, 0.3) is 11.3 Å². The number of carbonyl (C=O) groups is 1. The van der Waals surface area contributed by atoms with Crippen molar-refractivity contribution in [1.82, 2.24) is 15.2 Å². The molecule has 0 bridgehead atoms. The molecule has 0 aliphatic rings. The summed E-state index contributed by atoms with van der Waals surface area (Å²) in [5.74, 6) is 0.485. The zero-order chi connectivity index (χ0) is 24.8. The number of halogens is 1. The molecule has 180 valence electrons. The van der Waals surface area contributed by atoms with Crippen LogP contribution < -0.4 is 20.5 Å². The monoisotopic (exact) mass is 494 g/mol. The summed E-state index contributed by atoms with van der Waals surface area (Å²) in [7, 11) is -1.31. The molecule has 0 radical (unpaired) electrons. The average molecular weight is 495 g/mol. The maximum atomic E-state index is 13.2. The highest BCUT2D eigenvalue weighted by Crippen LogP contribution is 2.34. The molecule has 0 aliphatic heterocycles. The van der Waals surface area contributed by atoms with Crippen LogP contribution in [0.3, 0.4) is 0 Å². The van der Waals surface area contributed by atoms with Crippen molar-refractivity contribution in [1.29, 1.82) is 0 Å². The second kappa shape index (κ2) is 10.8. The van der Waals surface area contributed by atoms with E-state index in [9.17, 15) is 13.4 Å². The van der Waals surface area contributed by atoms with Gasteiger partial charge in [-0.25, -0.2) is 13.6 Å². The van der Waals surface area contributed by atoms with E-state index < -0.39 is 16.9 Å². The van der Waals surface area contributed by atoms with Gasteiger partial charge in [0.05, 0.1) is 11.4 Å². The molecule has 0 spiro atoms. The Balaban J connectivity index is 1.68. The Kier molecular flexibility index (Phi) is 7.36. The lowest BCUT2D eigenvalue weighted by Gasteiger charge is -2.14. The van der Waals surface area contributed by atoms with E-state index in [2.05, 4.69) is 25.2 Å². The van der Waals surface area contributed by atoms with Gasteiger partial charge in [-0.1, -0.05) is 31.2 Å². The van der Waals surface area contributed by atoms with Gasteiger partial charge < -0.3 is 20.5 Å². The van der Waals surface area contributed by atoms with Crippen LogP contribution in [0.15, 0.2) is 66.9 Å². The number of nitrogens with zero attached hydrogens (tertiary/aromatic N) is 2.